The van der Waals surface area contributed by atoms with E-state index in [2.05, 4.69) is 77.8 Å². The third kappa shape index (κ3) is 3.14. The molecule has 4 heteroatoms. The second kappa shape index (κ2) is 7.51. The molecule has 4 nitrogen and oxygen atoms in total. The predicted octanol–water partition coefficient (Wildman–Crippen LogP) is 7.89. The zero-order valence-corrected chi connectivity index (χ0v) is 18.6. The molecule has 0 radical (unpaired) electrons. The minimum atomic E-state index is 0.626. The Morgan fingerprint density at radius 1 is 0.629 bits per heavy atom. The number of hydrogen-bond acceptors (Lipinski definition) is 4. The molecule has 0 saturated heterocycles. The molecule has 7 aromatic rings. The van der Waals surface area contributed by atoms with Crippen molar-refractivity contribution in [2.75, 3.05) is 0 Å². The Morgan fingerprint density at radius 3 is 2.14 bits per heavy atom. The van der Waals surface area contributed by atoms with E-state index in [0.717, 1.165) is 66.1 Å². The maximum absolute atomic E-state index is 9.28. The van der Waals surface area contributed by atoms with E-state index in [1.807, 2.05) is 30.5 Å². The first-order valence-electron chi connectivity index (χ1n) is 11.4. The lowest BCUT2D eigenvalue weighted by molar-refractivity contribution is 0.669. The lowest BCUT2D eigenvalue weighted by Crippen LogP contribution is -1.88. The van der Waals surface area contributed by atoms with Gasteiger partial charge in [0.2, 0.25) is 0 Å². The van der Waals surface area contributed by atoms with Gasteiger partial charge >= 0.3 is 0 Å². The quantitative estimate of drug-likeness (QED) is 0.253. The molecular weight excluding hydrogens is 430 g/mol. The van der Waals surface area contributed by atoms with Crippen LogP contribution in [0.5, 0.6) is 0 Å². The van der Waals surface area contributed by atoms with E-state index in [9.17, 15) is 5.26 Å². The van der Waals surface area contributed by atoms with Crippen molar-refractivity contribution >= 4 is 43.7 Å². The van der Waals surface area contributed by atoms with Crippen molar-refractivity contribution in [3.63, 3.8) is 0 Å². The first-order valence-corrected chi connectivity index (χ1v) is 11.4. The number of aromatic nitrogens is 2. The molecule has 0 N–H and O–H groups in total. The summed E-state index contributed by atoms with van der Waals surface area (Å²) in [4.78, 5) is 9.52. The van der Waals surface area contributed by atoms with Crippen LogP contribution in [-0.2, 0) is 0 Å². The van der Waals surface area contributed by atoms with Crippen LogP contribution in [0.1, 0.15) is 5.56 Å². The number of pyridine rings is 2. The number of nitriles is 1. The Kier molecular flexibility index (Phi) is 4.18. The third-order valence-corrected chi connectivity index (χ3v) is 6.54. The predicted molar refractivity (Wildman–Crippen MR) is 140 cm³/mol. The highest BCUT2D eigenvalue weighted by Gasteiger charge is 2.11. The summed E-state index contributed by atoms with van der Waals surface area (Å²) >= 11 is 0. The minimum Gasteiger partial charge on any atom is -0.456 e. The molecule has 162 valence electrons. The second-order valence-corrected chi connectivity index (χ2v) is 8.62. The normalized spacial score (nSPS) is 11.4. The standard InChI is InChI=1S/C31H17N3O/c32-18-19-3-13-28-25(16-19)26-17-24(11-14-29(26)35-28)20-4-6-21(7-5-20)27-12-10-23-9-8-22-2-1-15-33-30(22)31(23)34-27/h1-17H. The van der Waals surface area contributed by atoms with Crippen LogP contribution >= 0.6 is 0 Å². The van der Waals surface area contributed by atoms with Gasteiger partial charge in [-0.2, -0.15) is 5.26 Å². The van der Waals surface area contributed by atoms with E-state index in [1.165, 1.54) is 0 Å². The first-order chi connectivity index (χ1) is 17.3. The Labute approximate surface area is 200 Å². The zero-order chi connectivity index (χ0) is 23.4. The number of nitrogens with zero attached hydrogens (tertiary/aromatic N) is 3. The maximum atomic E-state index is 9.28. The van der Waals surface area contributed by atoms with Gasteiger partial charge in [0, 0.05) is 33.3 Å². The van der Waals surface area contributed by atoms with Gasteiger partial charge in [0.25, 0.3) is 0 Å². The minimum absolute atomic E-state index is 0.626. The summed E-state index contributed by atoms with van der Waals surface area (Å²) in [6, 6.07) is 34.7. The van der Waals surface area contributed by atoms with E-state index in [0.29, 0.717) is 5.56 Å². The fourth-order valence-corrected chi connectivity index (χ4v) is 4.74. The summed E-state index contributed by atoms with van der Waals surface area (Å²) in [5.74, 6) is 0. The summed E-state index contributed by atoms with van der Waals surface area (Å²) in [5.41, 5.74) is 8.24. The zero-order valence-electron chi connectivity index (χ0n) is 18.6. The molecule has 3 heterocycles. The highest BCUT2D eigenvalue weighted by atomic mass is 16.3. The van der Waals surface area contributed by atoms with Gasteiger partial charge in [-0.3, -0.25) is 4.98 Å². The average Bonchev–Trinajstić information content (AvgIpc) is 3.30. The SMILES string of the molecule is N#Cc1ccc2oc3ccc(-c4ccc(-c5ccc6ccc7cccnc7c6n5)cc4)cc3c2c1. The number of rotatable bonds is 2. The van der Waals surface area contributed by atoms with Crippen molar-refractivity contribution in [3.05, 3.63) is 109 Å². The number of benzene rings is 4. The lowest BCUT2D eigenvalue weighted by atomic mass is 10.00. The van der Waals surface area contributed by atoms with Crippen LogP contribution in [0.4, 0.5) is 0 Å². The molecule has 0 aliphatic rings. The van der Waals surface area contributed by atoms with Crippen molar-refractivity contribution in [2.24, 2.45) is 0 Å². The van der Waals surface area contributed by atoms with Crippen molar-refractivity contribution < 1.29 is 4.42 Å². The fraction of sp³-hybridized carbons (Fsp3) is 0. The van der Waals surface area contributed by atoms with E-state index in [1.54, 1.807) is 6.07 Å². The Balaban J connectivity index is 1.30. The highest BCUT2D eigenvalue weighted by molar-refractivity contribution is 6.07. The van der Waals surface area contributed by atoms with Crippen molar-refractivity contribution in [2.45, 2.75) is 0 Å². The summed E-state index contributed by atoms with van der Waals surface area (Å²) in [6.45, 7) is 0. The maximum Gasteiger partial charge on any atom is 0.135 e. The van der Waals surface area contributed by atoms with Gasteiger partial charge in [-0.05, 0) is 53.6 Å². The van der Waals surface area contributed by atoms with E-state index < -0.39 is 0 Å². The van der Waals surface area contributed by atoms with E-state index in [-0.39, 0.29) is 0 Å². The van der Waals surface area contributed by atoms with Crippen molar-refractivity contribution in [3.8, 4) is 28.5 Å². The van der Waals surface area contributed by atoms with Gasteiger partial charge in [0.1, 0.15) is 11.2 Å². The Bertz CT molecular complexity index is 1960. The van der Waals surface area contributed by atoms with Crippen molar-refractivity contribution in [1.82, 2.24) is 9.97 Å². The molecule has 0 spiro atoms. The Morgan fingerprint density at radius 2 is 1.31 bits per heavy atom. The molecule has 35 heavy (non-hydrogen) atoms. The molecule has 0 aliphatic heterocycles. The molecule has 0 fully saturated rings. The molecule has 0 bridgehead atoms. The molecule has 0 aliphatic carbocycles. The number of hydrogen-bond donors (Lipinski definition) is 0. The largest absolute Gasteiger partial charge is 0.456 e. The van der Waals surface area contributed by atoms with Gasteiger partial charge in [0.05, 0.1) is 28.4 Å². The topological polar surface area (TPSA) is 62.7 Å². The molecule has 3 aromatic heterocycles. The molecule has 0 atom stereocenters. The van der Waals surface area contributed by atoms with E-state index in [4.69, 9.17) is 9.40 Å². The summed E-state index contributed by atoms with van der Waals surface area (Å²) < 4.78 is 5.96. The van der Waals surface area contributed by atoms with Crippen LogP contribution in [0.25, 0.3) is 66.1 Å². The molecule has 4 aromatic carbocycles. The van der Waals surface area contributed by atoms with Crippen LogP contribution in [0.15, 0.2) is 108 Å². The summed E-state index contributed by atoms with van der Waals surface area (Å²) in [6.07, 6.45) is 1.81. The van der Waals surface area contributed by atoms with Gasteiger partial charge in [-0.25, -0.2) is 4.98 Å². The molecular formula is C31H17N3O. The molecule has 0 amide bonds. The molecule has 0 saturated carbocycles. The van der Waals surface area contributed by atoms with Gasteiger partial charge in [-0.15, -0.1) is 0 Å². The van der Waals surface area contributed by atoms with Crippen LogP contribution in [-0.4, -0.2) is 9.97 Å². The fourth-order valence-electron chi connectivity index (χ4n) is 4.74. The number of furan rings is 1. The molecule has 0 unspecified atom stereocenters. The Hall–Kier alpha value is -5.01. The first kappa shape index (κ1) is 19.5. The molecule has 7 rings (SSSR count). The lowest BCUT2D eigenvalue weighted by Gasteiger charge is -2.07. The monoisotopic (exact) mass is 447 g/mol. The summed E-state index contributed by atoms with van der Waals surface area (Å²) in [7, 11) is 0. The third-order valence-electron chi connectivity index (χ3n) is 6.54. The van der Waals surface area contributed by atoms with Gasteiger partial charge < -0.3 is 4.42 Å². The summed E-state index contributed by atoms with van der Waals surface area (Å²) in [5, 5.41) is 13.4. The van der Waals surface area contributed by atoms with Gasteiger partial charge in [-0.1, -0.05) is 54.6 Å². The van der Waals surface area contributed by atoms with Gasteiger partial charge in [0.15, 0.2) is 0 Å². The van der Waals surface area contributed by atoms with Crippen LogP contribution in [0.2, 0.25) is 0 Å². The van der Waals surface area contributed by atoms with Crippen molar-refractivity contribution in [1.29, 1.82) is 5.26 Å². The second-order valence-electron chi connectivity index (χ2n) is 8.62. The smallest absolute Gasteiger partial charge is 0.135 e. The number of fused-ring (bicyclic) bond motifs is 6. The van der Waals surface area contributed by atoms with Crippen LogP contribution in [0.3, 0.4) is 0 Å². The average molecular weight is 447 g/mol. The highest BCUT2D eigenvalue weighted by Crippen LogP contribution is 2.34. The van der Waals surface area contributed by atoms with Crippen LogP contribution in [0, 0.1) is 11.3 Å². The van der Waals surface area contributed by atoms with Crippen LogP contribution < -0.4 is 0 Å². The van der Waals surface area contributed by atoms with E-state index >= 15 is 0 Å².